The summed E-state index contributed by atoms with van der Waals surface area (Å²) in [7, 11) is -2.24. The topological polar surface area (TPSA) is 115 Å². The van der Waals surface area contributed by atoms with E-state index in [0.717, 1.165) is 9.25 Å². The number of halogens is 3. The van der Waals surface area contributed by atoms with Crippen LogP contribution in [0.25, 0.3) is 22.2 Å². The van der Waals surface area contributed by atoms with E-state index in [1.165, 1.54) is 25.2 Å². The molecule has 4 aromatic rings. The molecule has 9 nitrogen and oxygen atoms in total. The number of anilines is 3. The minimum atomic E-state index is -3.56. The molecular weight excluding hydrogens is 643 g/mol. The van der Waals surface area contributed by atoms with E-state index in [1.807, 2.05) is 22.6 Å². The first kappa shape index (κ1) is 27.2. The minimum absolute atomic E-state index is 0.0129. The van der Waals surface area contributed by atoms with Crippen LogP contribution in [0.1, 0.15) is 32.7 Å². The molecule has 204 valence electrons. The van der Waals surface area contributed by atoms with Gasteiger partial charge in [-0.05, 0) is 79.6 Å². The fourth-order valence-corrected chi connectivity index (χ4v) is 6.13. The second-order valence-electron chi connectivity index (χ2n) is 9.65. The number of nitrogens with zero attached hydrogens (tertiary/aromatic N) is 3. The third-order valence-corrected chi connectivity index (χ3v) is 8.97. The van der Waals surface area contributed by atoms with Gasteiger partial charge in [0.25, 0.3) is 11.1 Å². The number of rotatable bonds is 7. The Kier molecular flexibility index (Phi) is 6.99. The van der Waals surface area contributed by atoms with Gasteiger partial charge in [0.15, 0.2) is 0 Å². The van der Waals surface area contributed by atoms with E-state index in [4.69, 9.17) is 0 Å². The smallest absolute Gasteiger partial charge is 0.289 e. The third-order valence-electron chi connectivity index (χ3n) is 6.43. The first-order valence-electron chi connectivity index (χ1n) is 12.1. The van der Waals surface area contributed by atoms with Gasteiger partial charge in [-0.3, -0.25) is 14.3 Å². The van der Waals surface area contributed by atoms with E-state index in [-0.39, 0.29) is 28.0 Å². The van der Waals surface area contributed by atoms with E-state index < -0.39 is 49.8 Å². The molecule has 0 saturated heterocycles. The van der Waals surface area contributed by atoms with Gasteiger partial charge in [-0.25, -0.2) is 17.5 Å². The lowest BCUT2D eigenvalue weighted by atomic mass is 10.1. The highest BCUT2D eigenvalue weighted by atomic mass is 127. The van der Waals surface area contributed by atoms with E-state index in [2.05, 4.69) is 15.1 Å². The molecule has 0 bridgehead atoms. The minimum Gasteiger partial charge on any atom is -0.350 e. The number of pyridine rings is 1. The second-order valence-corrected chi connectivity index (χ2v) is 12.9. The third kappa shape index (κ3) is 5.04. The molecule has 13 heteroatoms. The Morgan fingerprint density at radius 1 is 1.08 bits per heavy atom. The lowest BCUT2D eigenvalue weighted by Gasteiger charge is -2.19. The average Bonchev–Trinajstić information content (AvgIpc) is 3.73. The number of sulfonamides is 1. The fourth-order valence-electron chi connectivity index (χ4n) is 4.30. The molecule has 39 heavy (non-hydrogen) atoms. The van der Waals surface area contributed by atoms with Crippen LogP contribution in [0.4, 0.5) is 25.8 Å². The normalized spacial score (nSPS) is 13.7. The van der Waals surface area contributed by atoms with Crippen molar-refractivity contribution in [3.8, 4) is 11.3 Å². The van der Waals surface area contributed by atoms with Crippen molar-refractivity contribution in [2.75, 3.05) is 10.0 Å². The molecule has 1 saturated carbocycles. The van der Waals surface area contributed by atoms with Crippen molar-refractivity contribution in [1.82, 2.24) is 14.3 Å². The summed E-state index contributed by atoms with van der Waals surface area (Å²) in [6, 6.07) is 10.1. The maximum absolute atomic E-state index is 15.5. The monoisotopic (exact) mass is 667 g/mol. The largest absolute Gasteiger partial charge is 0.350 e. The number of hydrogen-bond acceptors (Lipinski definition) is 6. The number of benzene rings is 2. The molecular formula is C26H24F2IN5O4S. The molecule has 0 amide bonds. The Balaban J connectivity index is 1.80. The summed E-state index contributed by atoms with van der Waals surface area (Å²) in [6.45, 7) is 3.43. The van der Waals surface area contributed by atoms with Crippen molar-refractivity contribution in [2.45, 2.75) is 38.0 Å². The first-order chi connectivity index (χ1) is 18.4. The quantitative estimate of drug-likeness (QED) is 0.272. The molecule has 0 aliphatic heterocycles. The molecule has 2 aromatic heterocycles. The van der Waals surface area contributed by atoms with Gasteiger partial charge < -0.3 is 9.88 Å². The first-order valence-corrected chi connectivity index (χ1v) is 14.7. The van der Waals surface area contributed by atoms with Gasteiger partial charge in [-0.1, -0.05) is 12.1 Å². The predicted molar refractivity (Wildman–Crippen MR) is 155 cm³/mol. The number of nitrogens with one attached hydrogen (secondary N) is 2. The van der Waals surface area contributed by atoms with Crippen LogP contribution >= 0.6 is 22.6 Å². The van der Waals surface area contributed by atoms with E-state index >= 15 is 4.39 Å². The molecule has 5 rings (SSSR count). The lowest BCUT2D eigenvalue weighted by Crippen LogP contribution is -2.31. The Hall–Kier alpha value is -3.33. The SMILES string of the molecule is CC(C)n1nc(-c2cccc(NS(=O)(=O)C3CC3)c2)c2c(c(Nc3ccc(I)cc3F)c(F)c(=O)n2C)c1=O. The summed E-state index contributed by atoms with van der Waals surface area (Å²) in [5, 5.41) is 6.49. The maximum atomic E-state index is 15.5. The van der Waals surface area contributed by atoms with Gasteiger partial charge in [0.2, 0.25) is 15.8 Å². The maximum Gasteiger partial charge on any atom is 0.289 e. The van der Waals surface area contributed by atoms with Crippen LogP contribution in [-0.4, -0.2) is 28.0 Å². The highest BCUT2D eigenvalue weighted by molar-refractivity contribution is 14.1. The van der Waals surface area contributed by atoms with Crippen LogP contribution in [-0.2, 0) is 17.1 Å². The second kappa shape index (κ2) is 10.0. The van der Waals surface area contributed by atoms with Crippen LogP contribution in [0.2, 0.25) is 0 Å². The van der Waals surface area contributed by atoms with Crippen LogP contribution in [0.5, 0.6) is 0 Å². The van der Waals surface area contributed by atoms with Crippen molar-refractivity contribution < 1.29 is 17.2 Å². The van der Waals surface area contributed by atoms with E-state index in [0.29, 0.717) is 22.0 Å². The molecule has 0 unspecified atom stereocenters. The Morgan fingerprint density at radius 3 is 2.44 bits per heavy atom. The van der Waals surface area contributed by atoms with Crippen molar-refractivity contribution in [2.24, 2.45) is 7.05 Å². The summed E-state index contributed by atoms with van der Waals surface area (Å²) >= 11 is 1.93. The van der Waals surface area contributed by atoms with E-state index in [1.54, 1.807) is 38.1 Å². The van der Waals surface area contributed by atoms with Crippen LogP contribution < -0.4 is 21.2 Å². The number of hydrogen-bond donors (Lipinski definition) is 2. The molecule has 0 spiro atoms. The highest BCUT2D eigenvalue weighted by Gasteiger charge is 2.35. The molecule has 1 aliphatic carbocycles. The molecule has 1 fully saturated rings. The molecule has 1 aliphatic rings. The zero-order chi connectivity index (χ0) is 28.2. The number of aryl methyl sites for hydroxylation is 1. The Morgan fingerprint density at radius 2 is 1.79 bits per heavy atom. The van der Waals surface area contributed by atoms with Crippen LogP contribution in [0, 0.1) is 15.2 Å². The Labute approximate surface area is 236 Å². The van der Waals surface area contributed by atoms with Gasteiger partial charge >= 0.3 is 0 Å². The summed E-state index contributed by atoms with van der Waals surface area (Å²) in [5.74, 6) is -1.94. The zero-order valence-corrected chi connectivity index (χ0v) is 24.1. The zero-order valence-electron chi connectivity index (χ0n) is 21.1. The molecule has 2 aromatic carbocycles. The van der Waals surface area contributed by atoms with Crippen molar-refractivity contribution in [1.29, 1.82) is 0 Å². The van der Waals surface area contributed by atoms with Gasteiger partial charge in [-0.15, -0.1) is 0 Å². The summed E-state index contributed by atoms with van der Waals surface area (Å²) in [5.41, 5.74) is -1.49. The van der Waals surface area contributed by atoms with Gasteiger partial charge in [0.1, 0.15) is 11.5 Å². The summed E-state index contributed by atoms with van der Waals surface area (Å²) in [4.78, 5) is 26.7. The van der Waals surface area contributed by atoms with Crippen molar-refractivity contribution in [3.05, 3.63) is 78.4 Å². The average molecular weight is 667 g/mol. The lowest BCUT2D eigenvalue weighted by molar-refractivity contribution is 0.508. The van der Waals surface area contributed by atoms with Gasteiger partial charge in [-0.2, -0.15) is 9.49 Å². The standard InChI is InChI=1S/C26H24F2IN5O4S/c1-13(2)34-25(35)20-23(30-19-10-7-15(29)12-18(19)27)21(28)26(36)33(3)24(20)22(31-34)14-5-4-6-16(11-14)32-39(37,38)17-8-9-17/h4-7,10-13,17,30,32H,8-9H2,1-3H3. The van der Waals surface area contributed by atoms with E-state index in [9.17, 15) is 22.4 Å². The van der Waals surface area contributed by atoms with Crippen molar-refractivity contribution >= 4 is 60.6 Å². The van der Waals surface area contributed by atoms with Gasteiger partial charge in [0, 0.05) is 21.9 Å². The van der Waals surface area contributed by atoms with Gasteiger partial charge in [0.05, 0.1) is 33.6 Å². The summed E-state index contributed by atoms with van der Waals surface area (Å²) < 4.78 is 60.6. The molecule has 0 atom stereocenters. The van der Waals surface area contributed by atoms with Crippen LogP contribution in [0.3, 0.4) is 0 Å². The molecule has 2 heterocycles. The molecule has 0 radical (unpaired) electrons. The predicted octanol–water partition coefficient (Wildman–Crippen LogP) is 4.87. The number of fused-ring (bicyclic) bond motifs is 1. The van der Waals surface area contributed by atoms with Crippen LogP contribution in [0.15, 0.2) is 52.1 Å². The molecule has 2 N–H and O–H groups in total. The fraction of sp³-hybridized carbons (Fsp3) is 0.269. The Bertz CT molecular complexity index is 1870. The number of aromatic nitrogens is 3. The highest BCUT2D eigenvalue weighted by Crippen LogP contribution is 2.34. The van der Waals surface area contributed by atoms with Crippen molar-refractivity contribution in [3.63, 3.8) is 0 Å². The summed E-state index contributed by atoms with van der Waals surface area (Å²) in [6.07, 6.45) is 1.18.